The van der Waals surface area contributed by atoms with Gasteiger partial charge in [-0.15, -0.1) is 13.2 Å². The molecule has 2 aromatic carbocycles. The molecule has 0 N–H and O–H groups in total. The molecule has 0 unspecified atom stereocenters. The molecule has 0 fully saturated rings. The molecule has 184 valence electrons. The number of alkyl halides is 3. The van der Waals surface area contributed by atoms with E-state index in [0.29, 0.717) is 12.9 Å². The van der Waals surface area contributed by atoms with E-state index in [1.807, 2.05) is 45.2 Å². The topological polar surface area (TPSA) is 114 Å². The molecular weight excluding hydrogens is 709 g/mol. The van der Waals surface area contributed by atoms with Gasteiger partial charge in [-0.1, -0.05) is 6.58 Å². The Bertz CT molecular complexity index is 1190. The Kier molecular flexibility index (Phi) is 9.58. The van der Waals surface area contributed by atoms with Crippen LogP contribution in [-0.2, 0) is 19.6 Å². The Morgan fingerprint density at radius 2 is 1.68 bits per heavy atom. The van der Waals surface area contributed by atoms with Crippen LogP contribution in [0.25, 0.3) is 0 Å². The highest BCUT2D eigenvalue weighted by Gasteiger charge is 2.31. The minimum Gasteiger partial charge on any atom is -0.858 e. The maximum Gasteiger partial charge on any atom is 0.573 e. The first-order valence-corrected chi connectivity index (χ1v) is 12.6. The minimum atomic E-state index is -4.93. The SMILES string of the molecule is C=C(C)C(=O)OCCOc1c(I)cc(/C([O-])=N/S(=O)(=O)c2ccc(OC(F)(F)F)cc2)cc1I. The highest BCUT2D eigenvalue weighted by molar-refractivity contribution is 14.1. The largest absolute Gasteiger partial charge is 0.858 e. The first-order valence-electron chi connectivity index (χ1n) is 9.02. The molecule has 34 heavy (non-hydrogen) atoms. The van der Waals surface area contributed by atoms with Crippen LogP contribution < -0.4 is 14.6 Å². The van der Waals surface area contributed by atoms with Crippen molar-refractivity contribution < 1.29 is 45.7 Å². The third-order valence-electron chi connectivity index (χ3n) is 3.71. The van der Waals surface area contributed by atoms with Crippen LogP contribution >= 0.6 is 45.2 Å². The zero-order valence-electron chi connectivity index (χ0n) is 17.2. The summed E-state index contributed by atoms with van der Waals surface area (Å²) in [7, 11) is -4.49. The Morgan fingerprint density at radius 3 is 2.18 bits per heavy atom. The predicted molar refractivity (Wildman–Crippen MR) is 130 cm³/mol. The van der Waals surface area contributed by atoms with Gasteiger partial charge in [-0.3, -0.25) is 0 Å². The molecule has 0 atom stereocenters. The summed E-state index contributed by atoms with van der Waals surface area (Å²) >= 11 is 3.77. The Balaban J connectivity index is 2.16. The predicted octanol–water partition coefficient (Wildman–Crippen LogP) is 3.79. The Hall–Kier alpha value is -2.08. The Labute approximate surface area is 220 Å². The molecule has 8 nitrogen and oxygen atoms in total. The van der Waals surface area contributed by atoms with Crippen molar-refractivity contribution >= 4 is 67.1 Å². The molecule has 0 amide bonds. The second kappa shape index (κ2) is 11.6. The molecule has 0 aliphatic rings. The van der Waals surface area contributed by atoms with Crippen LogP contribution in [0.15, 0.2) is 57.8 Å². The highest BCUT2D eigenvalue weighted by Crippen LogP contribution is 2.29. The quantitative estimate of drug-likeness (QED) is 0.0967. The molecular formula is C20H15F3I2NO7S-. The van der Waals surface area contributed by atoms with E-state index in [1.54, 1.807) is 0 Å². The first kappa shape index (κ1) is 28.2. The van der Waals surface area contributed by atoms with Gasteiger partial charge in [-0.05, 0) is 94.1 Å². The molecule has 0 heterocycles. The summed E-state index contributed by atoms with van der Waals surface area (Å²) in [6.45, 7) is 4.97. The lowest BCUT2D eigenvalue weighted by Crippen LogP contribution is -2.21. The summed E-state index contributed by atoms with van der Waals surface area (Å²) < 4.78 is 79.9. The van der Waals surface area contributed by atoms with E-state index in [9.17, 15) is 31.5 Å². The van der Waals surface area contributed by atoms with Gasteiger partial charge in [0.25, 0.3) is 10.0 Å². The fraction of sp³-hybridized carbons (Fsp3) is 0.200. The van der Waals surface area contributed by atoms with E-state index in [2.05, 4.69) is 15.7 Å². The highest BCUT2D eigenvalue weighted by atomic mass is 127. The van der Waals surface area contributed by atoms with Crippen molar-refractivity contribution in [2.24, 2.45) is 4.40 Å². The van der Waals surface area contributed by atoms with Crippen LogP contribution in [0.1, 0.15) is 12.5 Å². The Morgan fingerprint density at radius 1 is 1.12 bits per heavy atom. The lowest BCUT2D eigenvalue weighted by atomic mass is 10.2. The van der Waals surface area contributed by atoms with Crippen molar-refractivity contribution in [1.29, 1.82) is 0 Å². The number of esters is 1. The average Bonchev–Trinajstić information content (AvgIpc) is 2.71. The van der Waals surface area contributed by atoms with Crippen molar-refractivity contribution in [3.63, 3.8) is 0 Å². The number of carbonyl (C=O) groups excluding carboxylic acids is 1. The summed E-state index contributed by atoms with van der Waals surface area (Å²) in [5.41, 5.74) is 0.201. The molecule has 0 spiro atoms. The number of benzene rings is 2. The lowest BCUT2D eigenvalue weighted by Gasteiger charge is -2.16. The first-order chi connectivity index (χ1) is 15.7. The number of hydrogen-bond donors (Lipinski definition) is 0. The second-order valence-corrected chi connectivity index (χ2v) is 10.4. The van der Waals surface area contributed by atoms with Gasteiger partial charge in [0, 0.05) is 11.5 Å². The number of carbonyl (C=O) groups is 1. The monoisotopic (exact) mass is 724 g/mol. The molecule has 2 rings (SSSR count). The fourth-order valence-corrected chi connectivity index (χ4v) is 5.24. The third-order valence-corrected chi connectivity index (χ3v) is 6.59. The van der Waals surface area contributed by atoms with E-state index in [1.165, 1.54) is 19.1 Å². The van der Waals surface area contributed by atoms with Crippen LogP contribution in [0.5, 0.6) is 11.5 Å². The van der Waals surface area contributed by atoms with Gasteiger partial charge >= 0.3 is 12.3 Å². The van der Waals surface area contributed by atoms with Gasteiger partial charge in [0.15, 0.2) is 0 Å². The van der Waals surface area contributed by atoms with Gasteiger partial charge < -0.3 is 19.3 Å². The number of sulfonamides is 1. The number of rotatable bonds is 9. The normalized spacial score (nSPS) is 12.2. The van der Waals surface area contributed by atoms with Crippen LogP contribution in [0.3, 0.4) is 0 Å². The molecule has 2 aromatic rings. The van der Waals surface area contributed by atoms with Crippen molar-refractivity contribution in [1.82, 2.24) is 0 Å². The van der Waals surface area contributed by atoms with Crippen LogP contribution in [0.4, 0.5) is 13.2 Å². The standard InChI is InChI=1S/C20H16F3I2NO7S/c1-11(2)19(28)32-8-7-31-17-15(24)9-12(10-16(17)25)18(27)26-34(29,30)14-5-3-13(4-6-14)33-20(21,22)23/h3-6,9-10H,1,7-8H2,2H3,(H,26,27)/p-1. The minimum absolute atomic E-state index is 0.0289. The van der Waals surface area contributed by atoms with Gasteiger partial charge in [-0.2, -0.15) is 12.8 Å². The number of hydrogen-bond acceptors (Lipinski definition) is 7. The summed E-state index contributed by atoms with van der Waals surface area (Å²) in [4.78, 5) is 10.9. The molecule has 0 radical (unpaired) electrons. The van der Waals surface area contributed by atoms with Gasteiger partial charge in [0.1, 0.15) is 24.7 Å². The molecule has 0 aliphatic heterocycles. The maximum absolute atomic E-state index is 12.5. The summed E-state index contributed by atoms with van der Waals surface area (Å²) in [5.74, 6) is -1.85. The molecule has 0 bridgehead atoms. The van der Waals surface area contributed by atoms with E-state index >= 15 is 0 Å². The summed E-state index contributed by atoms with van der Waals surface area (Å²) in [6.07, 6.45) is -4.93. The second-order valence-electron chi connectivity index (χ2n) is 6.42. The molecule has 0 saturated carbocycles. The van der Waals surface area contributed by atoms with Gasteiger partial charge in [-0.25, -0.2) is 4.79 Å². The molecule has 0 aromatic heterocycles. The number of halogens is 5. The van der Waals surface area contributed by atoms with Gasteiger partial charge in [0.05, 0.1) is 12.0 Å². The summed E-state index contributed by atoms with van der Waals surface area (Å²) in [6, 6.07) is 6.01. The van der Waals surface area contributed by atoms with Gasteiger partial charge in [0.2, 0.25) is 0 Å². The van der Waals surface area contributed by atoms with Crippen LogP contribution in [-0.4, -0.2) is 39.9 Å². The zero-order valence-corrected chi connectivity index (χ0v) is 22.3. The van der Waals surface area contributed by atoms with Crippen molar-refractivity contribution in [3.8, 4) is 11.5 Å². The van der Waals surface area contributed by atoms with Crippen molar-refractivity contribution in [2.45, 2.75) is 18.2 Å². The van der Waals surface area contributed by atoms with E-state index < -0.39 is 38.9 Å². The number of ether oxygens (including phenoxy) is 3. The molecule has 0 aliphatic carbocycles. The maximum atomic E-state index is 12.5. The fourth-order valence-electron chi connectivity index (χ4n) is 2.25. The van der Waals surface area contributed by atoms with Crippen molar-refractivity contribution in [3.05, 3.63) is 61.3 Å². The summed E-state index contributed by atoms with van der Waals surface area (Å²) in [5, 5.41) is 12.5. The molecule has 0 saturated heterocycles. The van der Waals surface area contributed by atoms with E-state index in [0.717, 1.165) is 24.3 Å². The molecule has 14 heteroatoms. The zero-order chi connectivity index (χ0) is 25.7. The lowest BCUT2D eigenvalue weighted by molar-refractivity contribution is -0.274. The smallest absolute Gasteiger partial charge is 0.573 e. The van der Waals surface area contributed by atoms with Crippen LogP contribution in [0, 0.1) is 7.14 Å². The third kappa shape index (κ3) is 8.30. The average molecular weight is 724 g/mol. The van der Waals surface area contributed by atoms with E-state index in [4.69, 9.17) is 9.47 Å². The van der Waals surface area contributed by atoms with E-state index in [-0.39, 0.29) is 24.4 Å². The number of nitrogens with zero attached hydrogens (tertiary/aromatic N) is 1. The van der Waals surface area contributed by atoms with Crippen LogP contribution in [0.2, 0.25) is 0 Å². The van der Waals surface area contributed by atoms with Crippen molar-refractivity contribution in [2.75, 3.05) is 13.2 Å².